The van der Waals surface area contributed by atoms with E-state index in [0.717, 1.165) is 0 Å². The Labute approximate surface area is 94.1 Å². The molecule has 0 radical (unpaired) electrons. The predicted molar refractivity (Wildman–Crippen MR) is 54.8 cm³/mol. The van der Waals surface area contributed by atoms with Crippen molar-refractivity contribution in [2.75, 3.05) is 0 Å². The quantitative estimate of drug-likeness (QED) is 0.857. The lowest BCUT2D eigenvalue weighted by molar-refractivity contribution is 0.198. The summed E-state index contributed by atoms with van der Waals surface area (Å²) in [6, 6.07) is 1.69. The van der Waals surface area contributed by atoms with Crippen LogP contribution in [0.5, 0.6) is 0 Å². The summed E-state index contributed by atoms with van der Waals surface area (Å²) < 4.78 is 1.97. The highest BCUT2D eigenvalue weighted by Crippen LogP contribution is 2.23. The van der Waals surface area contributed by atoms with Crippen LogP contribution in [-0.4, -0.2) is 30.1 Å². The van der Waals surface area contributed by atoms with Crippen LogP contribution in [0, 0.1) is 0 Å². The molecule has 1 atom stereocenters. The average Bonchev–Trinajstić information content (AvgIpc) is 2.59. The Balaban J connectivity index is 2.41. The monoisotopic (exact) mass is 269 g/mol. The molecule has 0 aliphatic rings. The maximum atomic E-state index is 9.99. The van der Waals surface area contributed by atoms with E-state index in [9.17, 15) is 5.11 Å². The molecule has 6 nitrogen and oxygen atoms in total. The van der Waals surface area contributed by atoms with Crippen LogP contribution in [0.3, 0.4) is 0 Å². The molecular formula is C8H8BrN5O. The first-order valence-electron chi connectivity index (χ1n) is 4.20. The minimum Gasteiger partial charge on any atom is -0.379 e. The smallest absolute Gasteiger partial charge is 0.163 e. The van der Waals surface area contributed by atoms with Crippen LogP contribution >= 0.6 is 15.9 Å². The second kappa shape index (κ2) is 4.03. The minimum absolute atomic E-state index is 0.323. The Hall–Kier alpha value is -1.34. The first kappa shape index (κ1) is 10.2. The molecule has 0 spiro atoms. The number of halogens is 1. The van der Waals surface area contributed by atoms with E-state index in [-0.39, 0.29) is 0 Å². The number of aromatic nitrogens is 5. The van der Waals surface area contributed by atoms with Gasteiger partial charge in [0.05, 0.1) is 0 Å². The fraction of sp³-hybridized carbons (Fsp3) is 0.250. The Morgan fingerprint density at radius 1 is 1.40 bits per heavy atom. The zero-order chi connectivity index (χ0) is 10.8. The minimum atomic E-state index is -0.930. The van der Waals surface area contributed by atoms with Crippen molar-refractivity contribution >= 4 is 15.9 Å². The fourth-order valence-electron chi connectivity index (χ4n) is 1.20. The summed E-state index contributed by atoms with van der Waals surface area (Å²) >= 11 is 3.20. The van der Waals surface area contributed by atoms with Gasteiger partial charge in [0, 0.05) is 19.4 Å². The van der Waals surface area contributed by atoms with E-state index >= 15 is 0 Å². The molecule has 0 aliphatic carbocycles. The molecule has 2 aromatic heterocycles. The molecule has 1 N–H and O–H groups in total. The highest BCUT2D eigenvalue weighted by molar-refractivity contribution is 9.10. The molecule has 0 amide bonds. The second-order valence-corrected chi connectivity index (χ2v) is 3.65. The van der Waals surface area contributed by atoms with E-state index in [0.29, 0.717) is 16.1 Å². The van der Waals surface area contributed by atoms with Crippen molar-refractivity contribution in [2.24, 2.45) is 7.05 Å². The first-order chi connectivity index (χ1) is 7.20. The van der Waals surface area contributed by atoms with Crippen LogP contribution in [0.1, 0.15) is 17.6 Å². The van der Waals surface area contributed by atoms with Crippen molar-refractivity contribution in [3.8, 4) is 0 Å². The van der Waals surface area contributed by atoms with Gasteiger partial charge in [0.1, 0.15) is 5.69 Å². The predicted octanol–water partition coefficient (Wildman–Crippen LogP) is 0.449. The average molecular weight is 270 g/mol. The van der Waals surface area contributed by atoms with Crippen molar-refractivity contribution in [1.29, 1.82) is 0 Å². The molecule has 15 heavy (non-hydrogen) atoms. The molecule has 0 bridgehead atoms. The topological polar surface area (TPSA) is 76.7 Å². The lowest BCUT2D eigenvalue weighted by atomic mass is 10.2. The Kier molecular flexibility index (Phi) is 2.74. The van der Waals surface area contributed by atoms with Crippen LogP contribution in [0.15, 0.2) is 23.1 Å². The standard InChI is InChI=1S/C8H8BrN5O/c1-14-5(7(9)12-13-14)6(15)8-10-3-2-4-11-8/h2-4,6,15H,1H3. The van der Waals surface area contributed by atoms with E-state index < -0.39 is 6.10 Å². The normalized spacial score (nSPS) is 12.7. The zero-order valence-corrected chi connectivity index (χ0v) is 9.46. The maximum Gasteiger partial charge on any atom is 0.163 e. The summed E-state index contributed by atoms with van der Waals surface area (Å²) in [5.74, 6) is 0.323. The lowest BCUT2D eigenvalue weighted by Gasteiger charge is -2.08. The van der Waals surface area contributed by atoms with Gasteiger partial charge in [-0.15, -0.1) is 5.10 Å². The first-order valence-corrected chi connectivity index (χ1v) is 4.99. The summed E-state index contributed by atoms with van der Waals surface area (Å²) in [6.07, 6.45) is 2.22. The number of hydrogen-bond acceptors (Lipinski definition) is 5. The SMILES string of the molecule is Cn1nnc(Br)c1C(O)c1ncccn1. The van der Waals surface area contributed by atoms with Gasteiger partial charge in [-0.25, -0.2) is 14.6 Å². The lowest BCUT2D eigenvalue weighted by Crippen LogP contribution is -2.10. The summed E-state index contributed by atoms with van der Waals surface area (Å²) in [5.41, 5.74) is 0.529. The second-order valence-electron chi connectivity index (χ2n) is 2.90. The summed E-state index contributed by atoms with van der Waals surface area (Å²) in [7, 11) is 1.69. The molecule has 0 saturated carbocycles. The van der Waals surface area contributed by atoms with Crippen LogP contribution < -0.4 is 0 Å². The molecule has 7 heteroatoms. The zero-order valence-electron chi connectivity index (χ0n) is 7.87. The van der Waals surface area contributed by atoms with Gasteiger partial charge < -0.3 is 5.11 Å². The summed E-state index contributed by atoms with van der Waals surface area (Å²) in [4.78, 5) is 7.93. The number of nitrogens with zero attached hydrogens (tertiary/aromatic N) is 5. The summed E-state index contributed by atoms with van der Waals surface area (Å²) in [6.45, 7) is 0. The third kappa shape index (κ3) is 1.88. The molecule has 2 heterocycles. The van der Waals surface area contributed by atoms with Gasteiger partial charge in [0.2, 0.25) is 0 Å². The van der Waals surface area contributed by atoms with Crippen molar-refractivity contribution in [3.63, 3.8) is 0 Å². The van der Waals surface area contributed by atoms with E-state index in [4.69, 9.17) is 0 Å². The third-order valence-corrected chi connectivity index (χ3v) is 2.48. The summed E-state index contributed by atoms with van der Waals surface area (Å²) in [5, 5.41) is 17.5. The highest BCUT2D eigenvalue weighted by atomic mass is 79.9. The number of aliphatic hydroxyl groups excluding tert-OH is 1. The largest absolute Gasteiger partial charge is 0.379 e. The van der Waals surface area contributed by atoms with Crippen LogP contribution in [0.4, 0.5) is 0 Å². The molecule has 2 aromatic rings. The van der Waals surface area contributed by atoms with E-state index in [2.05, 4.69) is 36.2 Å². The van der Waals surface area contributed by atoms with Crippen LogP contribution in [0.2, 0.25) is 0 Å². The Morgan fingerprint density at radius 3 is 2.60 bits per heavy atom. The maximum absolute atomic E-state index is 9.99. The van der Waals surface area contributed by atoms with Gasteiger partial charge in [0.25, 0.3) is 0 Å². The van der Waals surface area contributed by atoms with E-state index in [1.54, 1.807) is 25.5 Å². The number of aryl methyl sites for hydroxylation is 1. The molecule has 0 aromatic carbocycles. The van der Waals surface area contributed by atoms with Crippen molar-refractivity contribution in [1.82, 2.24) is 25.0 Å². The highest BCUT2D eigenvalue weighted by Gasteiger charge is 2.21. The van der Waals surface area contributed by atoms with E-state index in [1.165, 1.54) is 4.68 Å². The van der Waals surface area contributed by atoms with E-state index in [1.807, 2.05) is 0 Å². The molecule has 1 unspecified atom stereocenters. The van der Waals surface area contributed by atoms with Gasteiger partial charge in [-0.3, -0.25) is 0 Å². The third-order valence-electron chi connectivity index (χ3n) is 1.92. The van der Waals surface area contributed by atoms with Crippen LogP contribution in [0.25, 0.3) is 0 Å². The van der Waals surface area contributed by atoms with Crippen molar-refractivity contribution < 1.29 is 5.11 Å². The van der Waals surface area contributed by atoms with Crippen molar-refractivity contribution in [3.05, 3.63) is 34.6 Å². The molecule has 78 valence electrons. The van der Waals surface area contributed by atoms with Gasteiger partial charge in [-0.05, 0) is 22.0 Å². The number of aliphatic hydroxyl groups is 1. The fourth-order valence-corrected chi connectivity index (χ4v) is 1.75. The molecule has 0 aliphatic heterocycles. The molecular weight excluding hydrogens is 262 g/mol. The van der Waals surface area contributed by atoms with Gasteiger partial charge in [0.15, 0.2) is 16.5 Å². The molecule has 0 fully saturated rings. The van der Waals surface area contributed by atoms with Gasteiger partial charge in [-0.1, -0.05) is 5.21 Å². The van der Waals surface area contributed by atoms with Gasteiger partial charge in [-0.2, -0.15) is 0 Å². The Morgan fingerprint density at radius 2 is 2.07 bits per heavy atom. The van der Waals surface area contributed by atoms with Crippen LogP contribution in [-0.2, 0) is 7.05 Å². The number of hydrogen-bond donors (Lipinski definition) is 1. The Bertz CT molecular complexity index is 438. The molecule has 2 rings (SSSR count). The van der Waals surface area contributed by atoms with Gasteiger partial charge >= 0.3 is 0 Å². The molecule has 0 saturated heterocycles. The van der Waals surface area contributed by atoms with Crippen molar-refractivity contribution in [2.45, 2.75) is 6.10 Å². The number of rotatable bonds is 2.